The standard InChI is InChI=1S/C25H29Cl2N7O2/c1-16(2)32-9-7-19(8-10-32)34-24(27)20(13-29-34)23-21(26)14-28-25(31-23)30-17-3-5-18(6-4-17)33-11-12-36-15-22(33)35/h3-6,13-14,16,19H,7-12,15H2,1-2H3,(H,28,30,31). The average molecular weight is 530 g/mol. The third-order valence-electron chi connectivity index (χ3n) is 6.73. The maximum absolute atomic E-state index is 12.1. The first-order valence-corrected chi connectivity index (χ1v) is 12.9. The van der Waals surface area contributed by atoms with E-state index < -0.39 is 0 Å². The Morgan fingerprint density at radius 1 is 1.08 bits per heavy atom. The number of nitrogens with one attached hydrogen (secondary N) is 1. The molecule has 0 spiro atoms. The largest absolute Gasteiger partial charge is 0.370 e. The van der Waals surface area contributed by atoms with E-state index in [2.05, 4.69) is 39.1 Å². The first kappa shape index (κ1) is 25.0. The monoisotopic (exact) mass is 529 g/mol. The Balaban J connectivity index is 1.31. The second-order valence-corrected chi connectivity index (χ2v) is 10.1. The van der Waals surface area contributed by atoms with E-state index >= 15 is 0 Å². The number of ether oxygens (including phenoxy) is 1. The Morgan fingerprint density at radius 2 is 1.83 bits per heavy atom. The summed E-state index contributed by atoms with van der Waals surface area (Å²) < 4.78 is 7.10. The molecule has 0 atom stereocenters. The Labute approximate surface area is 220 Å². The normalized spacial score (nSPS) is 17.7. The molecule has 4 heterocycles. The lowest BCUT2D eigenvalue weighted by molar-refractivity contribution is -0.125. The molecule has 1 amide bonds. The van der Waals surface area contributed by atoms with Gasteiger partial charge in [0, 0.05) is 37.1 Å². The van der Waals surface area contributed by atoms with Gasteiger partial charge in [-0.25, -0.2) is 9.97 Å². The minimum atomic E-state index is -0.0458. The molecular weight excluding hydrogens is 501 g/mol. The molecule has 0 saturated carbocycles. The van der Waals surface area contributed by atoms with E-state index in [1.54, 1.807) is 17.3 Å². The van der Waals surface area contributed by atoms with Crippen molar-refractivity contribution in [3.8, 4) is 11.3 Å². The maximum atomic E-state index is 12.1. The summed E-state index contributed by atoms with van der Waals surface area (Å²) in [6.07, 6.45) is 5.27. The summed E-state index contributed by atoms with van der Waals surface area (Å²) in [5.74, 6) is 0.342. The fourth-order valence-electron chi connectivity index (χ4n) is 4.67. The highest BCUT2D eigenvalue weighted by atomic mass is 35.5. The number of amides is 1. The van der Waals surface area contributed by atoms with E-state index in [0.717, 1.165) is 37.3 Å². The molecule has 2 saturated heterocycles. The topological polar surface area (TPSA) is 88.4 Å². The lowest BCUT2D eigenvalue weighted by Gasteiger charge is -2.34. The number of halogens is 2. The highest BCUT2D eigenvalue weighted by molar-refractivity contribution is 6.35. The molecule has 2 aromatic heterocycles. The molecule has 1 aromatic carbocycles. The number of hydrogen-bond acceptors (Lipinski definition) is 7. The third-order valence-corrected chi connectivity index (χ3v) is 7.38. The van der Waals surface area contributed by atoms with Crippen molar-refractivity contribution in [1.82, 2.24) is 24.6 Å². The van der Waals surface area contributed by atoms with Crippen LogP contribution in [0.2, 0.25) is 10.2 Å². The number of morpholine rings is 1. The van der Waals surface area contributed by atoms with Crippen LogP contribution in [0.15, 0.2) is 36.7 Å². The summed E-state index contributed by atoms with van der Waals surface area (Å²) in [6.45, 7) is 7.67. The molecule has 0 unspecified atom stereocenters. The van der Waals surface area contributed by atoms with Crippen molar-refractivity contribution < 1.29 is 9.53 Å². The number of hydrogen-bond donors (Lipinski definition) is 1. The van der Waals surface area contributed by atoms with Gasteiger partial charge in [-0.15, -0.1) is 0 Å². The zero-order valence-electron chi connectivity index (χ0n) is 20.3. The quantitative estimate of drug-likeness (QED) is 0.490. The van der Waals surface area contributed by atoms with Crippen LogP contribution in [0.3, 0.4) is 0 Å². The molecular formula is C25H29Cl2N7O2. The summed E-state index contributed by atoms with van der Waals surface area (Å²) in [7, 11) is 0. The molecule has 2 aliphatic heterocycles. The van der Waals surface area contributed by atoms with Gasteiger partial charge in [0.25, 0.3) is 5.91 Å². The molecule has 9 nitrogen and oxygen atoms in total. The second kappa shape index (κ2) is 10.7. The van der Waals surface area contributed by atoms with Crippen molar-refractivity contribution >= 4 is 46.4 Å². The van der Waals surface area contributed by atoms with Gasteiger partial charge in [-0.2, -0.15) is 5.10 Å². The van der Waals surface area contributed by atoms with Gasteiger partial charge in [-0.1, -0.05) is 23.2 Å². The average Bonchev–Trinajstić information content (AvgIpc) is 3.27. The van der Waals surface area contributed by atoms with Crippen molar-refractivity contribution in [1.29, 1.82) is 0 Å². The highest BCUT2D eigenvalue weighted by Gasteiger charge is 2.26. The van der Waals surface area contributed by atoms with E-state index in [1.807, 2.05) is 28.9 Å². The van der Waals surface area contributed by atoms with Gasteiger partial charge in [0.2, 0.25) is 5.95 Å². The Morgan fingerprint density at radius 3 is 2.53 bits per heavy atom. The van der Waals surface area contributed by atoms with Gasteiger partial charge < -0.3 is 19.9 Å². The van der Waals surface area contributed by atoms with Crippen LogP contribution in [0.25, 0.3) is 11.3 Å². The molecule has 5 rings (SSSR count). The van der Waals surface area contributed by atoms with Crippen molar-refractivity contribution in [2.24, 2.45) is 0 Å². The molecule has 36 heavy (non-hydrogen) atoms. The minimum absolute atomic E-state index is 0.0458. The van der Waals surface area contributed by atoms with Gasteiger partial charge in [0.15, 0.2) is 0 Å². The van der Waals surface area contributed by atoms with Crippen LogP contribution in [-0.2, 0) is 9.53 Å². The number of anilines is 3. The molecule has 1 N–H and O–H groups in total. The summed E-state index contributed by atoms with van der Waals surface area (Å²) in [5.41, 5.74) is 2.82. The number of aromatic nitrogens is 4. The molecule has 11 heteroatoms. The number of carbonyl (C=O) groups excluding carboxylic acids is 1. The van der Waals surface area contributed by atoms with Crippen LogP contribution in [0.1, 0.15) is 32.7 Å². The van der Waals surface area contributed by atoms with Gasteiger partial charge >= 0.3 is 0 Å². The number of likely N-dealkylation sites (tertiary alicyclic amines) is 1. The molecule has 2 fully saturated rings. The van der Waals surface area contributed by atoms with Gasteiger partial charge in [0.05, 0.1) is 41.3 Å². The molecule has 190 valence electrons. The van der Waals surface area contributed by atoms with Gasteiger partial charge in [-0.3, -0.25) is 9.48 Å². The van der Waals surface area contributed by atoms with Gasteiger partial charge in [-0.05, 0) is 51.0 Å². The highest BCUT2D eigenvalue weighted by Crippen LogP contribution is 2.35. The van der Waals surface area contributed by atoms with Crippen LogP contribution in [-0.4, -0.2) is 69.4 Å². The Bertz CT molecular complexity index is 1220. The van der Waals surface area contributed by atoms with E-state index in [4.69, 9.17) is 27.9 Å². The van der Waals surface area contributed by atoms with Crippen LogP contribution in [0.5, 0.6) is 0 Å². The van der Waals surface area contributed by atoms with E-state index in [1.165, 1.54) is 0 Å². The van der Waals surface area contributed by atoms with Crippen LogP contribution in [0.4, 0.5) is 17.3 Å². The van der Waals surface area contributed by atoms with Gasteiger partial charge in [0.1, 0.15) is 11.8 Å². The predicted molar refractivity (Wildman–Crippen MR) is 141 cm³/mol. The zero-order chi connectivity index (χ0) is 25.2. The second-order valence-electron chi connectivity index (χ2n) is 9.31. The molecule has 3 aromatic rings. The molecule has 0 bridgehead atoms. The van der Waals surface area contributed by atoms with E-state index in [-0.39, 0.29) is 18.6 Å². The summed E-state index contributed by atoms with van der Waals surface area (Å²) in [5, 5.41) is 8.72. The molecule has 0 radical (unpaired) electrons. The first-order valence-electron chi connectivity index (χ1n) is 12.2. The van der Waals surface area contributed by atoms with Crippen molar-refractivity contribution in [3.63, 3.8) is 0 Å². The zero-order valence-corrected chi connectivity index (χ0v) is 21.8. The first-order chi connectivity index (χ1) is 17.4. The van der Waals surface area contributed by atoms with Crippen LogP contribution >= 0.6 is 23.2 Å². The number of benzene rings is 1. The number of piperidine rings is 1. The SMILES string of the molecule is CC(C)N1CCC(n2ncc(-c3nc(Nc4ccc(N5CCOCC5=O)cc4)ncc3Cl)c2Cl)CC1. The van der Waals surface area contributed by atoms with Crippen LogP contribution in [0, 0.1) is 0 Å². The summed E-state index contributed by atoms with van der Waals surface area (Å²) in [4.78, 5) is 25.2. The summed E-state index contributed by atoms with van der Waals surface area (Å²) in [6, 6.07) is 8.31. The smallest absolute Gasteiger partial charge is 0.253 e. The van der Waals surface area contributed by atoms with E-state index in [0.29, 0.717) is 46.6 Å². The predicted octanol–water partition coefficient (Wildman–Crippen LogP) is 4.80. The number of carbonyl (C=O) groups is 1. The molecule has 0 aliphatic carbocycles. The van der Waals surface area contributed by atoms with Crippen molar-refractivity contribution in [3.05, 3.63) is 46.8 Å². The maximum Gasteiger partial charge on any atom is 0.253 e. The van der Waals surface area contributed by atoms with Crippen molar-refractivity contribution in [2.75, 3.05) is 43.1 Å². The summed E-state index contributed by atoms with van der Waals surface area (Å²) >= 11 is 13.3. The Kier molecular flexibility index (Phi) is 7.43. The number of rotatable bonds is 6. The fraction of sp³-hybridized carbons (Fsp3) is 0.440. The van der Waals surface area contributed by atoms with Crippen molar-refractivity contribution in [2.45, 2.75) is 38.8 Å². The number of nitrogens with zero attached hydrogens (tertiary/aromatic N) is 6. The molecule has 2 aliphatic rings. The van der Waals surface area contributed by atoms with Crippen LogP contribution < -0.4 is 10.2 Å². The third kappa shape index (κ3) is 5.20. The Hall–Kier alpha value is -2.72. The fourth-order valence-corrected chi connectivity index (χ4v) is 5.18. The lowest BCUT2D eigenvalue weighted by Crippen LogP contribution is -2.41. The minimum Gasteiger partial charge on any atom is -0.370 e. The van der Waals surface area contributed by atoms with E-state index in [9.17, 15) is 4.79 Å². The lowest BCUT2D eigenvalue weighted by atomic mass is 10.0.